The van der Waals surface area contributed by atoms with Crippen LogP contribution in [0, 0.1) is 0 Å². The lowest BCUT2D eigenvalue weighted by molar-refractivity contribution is -0.148. The third-order valence-electron chi connectivity index (χ3n) is 1.76. The van der Waals surface area contributed by atoms with Gasteiger partial charge in [-0.25, -0.2) is 0 Å². The molecule has 0 spiro atoms. The second-order valence-corrected chi connectivity index (χ2v) is 3.75. The molecule has 1 aliphatic heterocycles. The molecule has 1 atom stereocenters. The van der Waals surface area contributed by atoms with E-state index in [-0.39, 0.29) is 11.7 Å². The van der Waals surface area contributed by atoms with E-state index < -0.39 is 0 Å². The van der Waals surface area contributed by atoms with Crippen LogP contribution in [0.25, 0.3) is 0 Å². The lowest BCUT2D eigenvalue weighted by Gasteiger charge is -2.39. The van der Waals surface area contributed by atoms with Crippen molar-refractivity contribution in [2.45, 2.75) is 25.6 Å². The zero-order valence-corrected chi connectivity index (χ0v) is 7.33. The van der Waals surface area contributed by atoms with E-state index in [9.17, 15) is 4.79 Å². The smallest absolute Gasteiger partial charge is 0.150 e. The second-order valence-electron chi connectivity index (χ2n) is 3.75. The fourth-order valence-electron chi connectivity index (χ4n) is 1.58. The predicted molar refractivity (Wildman–Crippen MR) is 42.5 cm³/mol. The zero-order valence-electron chi connectivity index (χ0n) is 7.33. The molecule has 3 nitrogen and oxygen atoms in total. The van der Waals surface area contributed by atoms with Gasteiger partial charge in [-0.2, -0.15) is 0 Å². The van der Waals surface area contributed by atoms with Crippen molar-refractivity contribution in [2.75, 3.05) is 20.1 Å². The fourth-order valence-corrected chi connectivity index (χ4v) is 1.58. The first kappa shape index (κ1) is 8.68. The molecule has 0 N–H and O–H groups in total. The molecule has 1 fully saturated rings. The number of hydrogen-bond acceptors (Lipinski definition) is 3. The summed E-state index contributed by atoms with van der Waals surface area (Å²) in [4.78, 5) is 12.6. The molecule has 0 aromatic heterocycles. The van der Waals surface area contributed by atoms with Crippen LogP contribution in [0.1, 0.15) is 13.8 Å². The summed E-state index contributed by atoms with van der Waals surface area (Å²) in [5.74, 6) is 0. The Kier molecular flexibility index (Phi) is 2.30. The minimum absolute atomic E-state index is 0.182. The number of aldehydes is 1. The molecule has 1 rings (SSSR count). The van der Waals surface area contributed by atoms with Gasteiger partial charge in [0.2, 0.25) is 0 Å². The van der Waals surface area contributed by atoms with Gasteiger partial charge in [-0.3, -0.25) is 0 Å². The molecule has 0 saturated carbocycles. The standard InChI is InChI=1S/C8H15NO2/c1-8(2)6-9(3)4-7(5-10)11-8/h5,7H,4,6H2,1-3H3/t7-/m0/s1. The molecular formula is C8H15NO2. The van der Waals surface area contributed by atoms with Crippen molar-refractivity contribution in [3.05, 3.63) is 0 Å². The fraction of sp³-hybridized carbons (Fsp3) is 0.875. The number of carbonyl (C=O) groups is 1. The highest BCUT2D eigenvalue weighted by Gasteiger charge is 2.30. The quantitative estimate of drug-likeness (QED) is 0.512. The van der Waals surface area contributed by atoms with Crippen LogP contribution in [0.4, 0.5) is 0 Å². The van der Waals surface area contributed by atoms with E-state index >= 15 is 0 Å². The number of hydrogen-bond donors (Lipinski definition) is 0. The molecule has 0 aliphatic carbocycles. The highest BCUT2D eigenvalue weighted by atomic mass is 16.5. The Hall–Kier alpha value is -0.410. The molecule has 64 valence electrons. The topological polar surface area (TPSA) is 29.5 Å². The number of likely N-dealkylation sites (N-methyl/N-ethyl adjacent to an activating group) is 1. The summed E-state index contributed by atoms with van der Waals surface area (Å²) in [5.41, 5.74) is -0.182. The lowest BCUT2D eigenvalue weighted by Crippen LogP contribution is -2.51. The van der Waals surface area contributed by atoms with Crippen LogP contribution in [0.5, 0.6) is 0 Å². The SMILES string of the molecule is CN1C[C@@H](C=O)OC(C)(C)C1. The van der Waals surface area contributed by atoms with Crippen LogP contribution < -0.4 is 0 Å². The van der Waals surface area contributed by atoms with E-state index in [0.717, 1.165) is 12.8 Å². The second kappa shape index (κ2) is 2.91. The average Bonchev–Trinajstić information content (AvgIpc) is 1.83. The van der Waals surface area contributed by atoms with Gasteiger partial charge in [-0.15, -0.1) is 0 Å². The van der Waals surface area contributed by atoms with Crippen molar-refractivity contribution in [3.63, 3.8) is 0 Å². The molecule has 3 heteroatoms. The first-order valence-electron chi connectivity index (χ1n) is 3.85. The van der Waals surface area contributed by atoms with E-state index in [2.05, 4.69) is 4.90 Å². The minimum atomic E-state index is -0.247. The number of ether oxygens (including phenoxy) is 1. The lowest BCUT2D eigenvalue weighted by atomic mass is 10.1. The number of nitrogens with zero attached hydrogens (tertiary/aromatic N) is 1. The van der Waals surface area contributed by atoms with E-state index in [1.54, 1.807) is 0 Å². The summed E-state index contributed by atoms with van der Waals surface area (Å²) in [7, 11) is 2.00. The van der Waals surface area contributed by atoms with Gasteiger partial charge in [0.25, 0.3) is 0 Å². The van der Waals surface area contributed by atoms with Crippen LogP contribution in [-0.2, 0) is 9.53 Å². The van der Waals surface area contributed by atoms with E-state index in [4.69, 9.17) is 4.74 Å². The maximum Gasteiger partial charge on any atom is 0.150 e. The largest absolute Gasteiger partial charge is 0.362 e. The van der Waals surface area contributed by atoms with Crippen LogP contribution in [0.3, 0.4) is 0 Å². The summed E-state index contributed by atoms with van der Waals surface area (Å²) in [6.07, 6.45) is 0.626. The van der Waals surface area contributed by atoms with E-state index in [1.807, 2.05) is 20.9 Å². The molecule has 1 aliphatic rings. The number of morpholine rings is 1. The first-order valence-corrected chi connectivity index (χ1v) is 3.85. The third kappa shape index (κ3) is 2.27. The molecule has 0 radical (unpaired) electrons. The van der Waals surface area contributed by atoms with Gasteiger partial charge in [-0.1, -0.05) is 0 Å². The molecule has 1 saturated heterocycles. The Morgan fingerprint density at radius 3 is 2.73 bits per heavy atom. The van der Waals surface area contributed by atoms with Crippen LogP contribution >= 0.6 is 0 Å². The predicted octanol–water partition coefficient (Wildman–Crippen LogP) is 0.294. The first-order chi connectivity index (χ1) is 5.03. The van der Waals surface area contributed by atoms with Crippen molar-refractivity contribution in [3.8, 4) is 0 Å². The normalized spacial score (nSPS) is 31.7. The molecule has 0 unspecified atom stereocenters. The average molecular weight is 157 g/mol. The Balaban J connectivity index is 2.57. The molecule has 1 heterocycles. The number of carbonyl (C=O) groups excluding carboxylic acids is 1. The van der Waals surface area contributed by atoms with Gasteiger partial charge in [0, 0.05) is 13.1 Å². The summed E-state index contributed by atoms with van der Waals surface area (Å²) in [6.45, 7) is 5.60. The van der Waals surface area contributed by atoms with Crippen molar-refractivity contribution < 1.29 is 9.53 Å². The maximum atomic E-state index is 10.4. The van der Waals surface area contributed by atoms with Gasteiger partial charge in [0.1, 0.15) is 12.4 Å². The van der Waals surface area contributed by atoms with Crippen LogP contribution in [0.15, 0.2) is 0 Å². The zero-order chi connectivity index (χ0) is 8.48. The van der Waals surface area contributed by atoms with Gasteiger partial charge in [0.05, 0.1) is 5.60 Å². The molecule has 0 bridgehead atoms. The van der Waals surface area contributed by atoms with Crippen molar-refractivity contribution in [2.24, 2.45) is 0 Å². The highest BCUT2D eigenvalue weighted by molar-refractivity contribution is 5.56. The van der Waals surface area contributed by atoms with Crippen LogP contribution in [-0.4, -0.2) is 43.0 Å². The van der Waals surface area contributed by atoms with Gasteiger partial charge in [0.15, 0.2) is 0 Å². The summed E-state index contributed by atoms with van der Waals surface area (Å²) in [5, 5.41) is 0. The van der Waals surface area contributed by atoms with E-state index in [0.29, 0.717) is 6.54 Å². The van der Waals surface area contributed by atoms with Crippen molar-refractivity contribution in [1.29, 1.82) is 0 Å². The number of rotatable bonds is 1. The Labute approximate surface area is 67.3 Å². The highest BCUT2D eigenvalue weighted by Crippen LogP contribution is 2.18. The summed E-state index contributed by atoms with van der Waals surface area (Å²) in [6, 6.07) is 0. The van der Waals surface area contributed by atoms with Crippen molar-refractivity contribution in [1.82, 2.24) is 4.90 Å². The van der Waals surface area contributed by atoms with Crippen molar-refractivity contribution >= 4 is 6.29 Å². The summed E-state index contributed by atoms with van der Waals surface area (Å²) < 4.78 is 5.48. The molecule has 0 aromatic rings. The third-order valence-corrected chi connectivity index (χ3v) is 1.76. The Morgan fingerprint density at radius 2 is 2.27 bits per heavy atom. The Bertz CT molecular complexity index is 156. The van der Waals surface area contributed by atoms with E-state index in [1.165, 1.54) is 0 Å². The summed E-state index contributed by atoms with van der Waals surface area (Å²) >= 11 is 0. The molecule has 11 heavy (non-hydrogen) atoms. The van der Waals surface area contributed by atoms with Gasteiger partial charge < -0.3 is 14.4 Å². The van der Waals surface area contributed by atoms with Gasteiger partial charge in [-0.05, 0) is 20.9 Å². The Morgan fingerprint density at radius 1 is 1.64 bits per heavy atom. The monoisotopic (exact) mass is 157 g/mol. The molecule has 0 amide bonds. The van der Waals surface area contributed by atoms with Gasteiger partial charge >= 0.3 is 0 Å². The molecule has 0 aromatic carbocycles. The molecular weight excluding hydrogens is 142 g/mol. The van der Waals surface area contributed by atoms with Crippen LogP contribution in [0.2, 0.25) is 0 Å². The maximum absolute atomic E-state index is 10.4. The minimum Gasteiger partial charge on any atom is -0.362 e.